The molecule has 147 valence electrons. The molecule has 4 rings (SSSR count). The molecule has 1 saturated heterocycles. The molecule has 2 atom stereocenters. The van der Waals surface area contributed by atoms with Gasteiger partial charge >= 0.3 is 0 Å². The van der Waals surface area contributed by atoms with Gasteiger partial charge in [-0.05, 0) is 49.6 Å². The van der Waals surface area contributed by atoms with Crippen molar-refractivity contribution in [1.29, 1.82) is 0 Å². The van der Waals surface area contributed by atoms with Crippen LogP contribution in [0.5, 0.6) is 0 Å². The summed E-state index contributed by atoms with van der Waals surface area (Å²) in [5.41, 5.74) is 5.07. The van der Waals surface area contributed by atoms with Gasteiger partial charge in [0.1, 0.15) is 17.7 Å². The second kappa shape index (κ2) is 8.26. The number of rotatable bonds is 5. The second-order valence-electron chi connectivity index (χ2n) is 7.01. The first-order valence-corrected chi connectivity index (χ1v) is 9.54. The van der Waals surface area contributed by atoms with Gasteiger partial charge in [-0.25, -0.2) is 9.40 Å². The van der Waals surface area contributed by atoms with Crippen molar-refractivity contribution in [3.63, 3.8) is 0 Å². The van der Waals surface area contributed by atoms with Crippen molar-refractivity contribution in [2.45, 2.75) is 25.8 Å². The summed E-state index contributed by atoms with van der Waals surface area (Å²) < 4.78 is 13.5. The van der Waals surface area contributed by atoms with Gasteiger partial charge in [0.15, 0.2) is 0 Å². The van der Waals surface area contributed by atoms with Gasteiger partial charge < -0.3 is 5.32 Å². The largest absolute Gasteiger partial charge is 0.310 e. The Bertz CT molecular complexity index is 813. The third-order valence-electron chi connectivity index (χ3n) is 5.30. The molecule has 1 radical (unpaired) electrons. The first kappa shape index (κ1) is 18.9. The van der Waals surface area contributed by atoms with Gasteiger partial charge in [-0.2, -0.15) is 5.53 Å². The Morgan fingerprint density at radius 2 is 1.89 bits per heavy atom. The second-order valence-corrected chi connectivity index (χ2v) is 7.01. The van der Waals surface area contributed by atoms with Gasteiger partial charge in [-0.1, -0.05) is 42.5 Å². The van der Waals surface area contributed by atoms with E-state index in [9.17, 15) is 4.39 Å². The lowest BCUT2D eigenvalue weighted by Crippen LogP contribution is -2.51. The van der Waals surface area contributed by atoms with Crippen molar-refractivity contribution >= 4 is 5.84 Å². The molecular formula is C21H25FN5O. The van der Waals surface area contributed by atoms with Crippen molar-refractivity contribution in [2.75, 3.05) is 13.7 Å². The highest BCUT2D eigenvalue weighted by atomic mass is 19.1. The Labute approximate surface area is 164 Å². The molecule has 2 aromatic rings. The maximum Gasteiger partial charge on any atom is 0.142 e. The first-order valence-electron chi connectivity index (χ1n) is 9.54. The first-order chi connectivity index (χ1) is 13.7. The molecule has 0 aromatic heterocycles. The van der Waals surface area contributed by atoms with Crippen LogP contribution in [0, 0.1) is 17.8 Å². The molecule has 1 fully saturated rings. The fourth-order valence-electron chi connectivity index (χ4n) is 4.04. The Balaban J connectivity index is 1.76. The Morgan fingerprint density at radius 3 is 2.61 bits per heavy atom. The van der Waals surface area contributed by atoms with Gasteiger partial charge in [0, 0.05) is 17.2 Å². The maximum atomic E-state index is 13.5. The number of hydrazone groups is 1. The number of amidine groups is 1. The lowest BCUT2D eigenvalue weighted by Gasteiger charge is -2.43. The molecule has 0 aliphatic carbocycles. The monoisotopic (exact) mass is 382 g/mol. The summed E-state index contributed by atoms with van der Waals surface area (Å²) in [6, 6.07) is 18.2. The zero-order chi connectivity index (χ0) is 19.5. The molecule has 2 heterocycles. The number of nitrogens with zero attached hydrogens (tertiary/aromatic N) is 3. The van der Waals surface area contributed by atoms with Crippen molar-refractivity contribution < 1.29 is 9.23 Å². The minimum atomic E-state index is -0.222. The predicted octanol–water partition coefficient (Wildman–Crippen LogP) is 3.38. The normalized spacial score (nSPS) is 23.0. The fraction of sp³-hybridized carbons (Fsp3) is 0.333. The van der Waals surface area contributed by atoms with E-state index in [1.54, 1.807) is 7.11 Å². The van der Waals surface area contributed by atoms with Crippen LogP contribution in [-0.2, 0) is 4.84 Å². The van der Waals surface area contributed by atoms with Crippen LogP contribution in [0.4, 0.5) is 4.39 Å². The standard InChI is InChI=1S/C21H25FN5O/c1-15-24-25-27(28-2)26(15)21(17-7-4-3-5-8-17)19-9-6-14-23-20(19)16-10-12-18(22)13-11-16/h3-5,7-8,10-13,19-20,23,25H,6,9,14H2,1-2H3/t19-,20-/m1/s1. The van der Waals surface area contributed by atoms with E-state index < -0.39 is 0 Å². The number of hydrazine groups is 2. The molecule has 2 aliphatic heterocycles. The van der Waals surface area contributed by atoms with E-state index in [0.29, 0.717) is 0 Å². The van der Waals surface area contributed by atoms with Crippen molar-refractivity contribution in [2.24, 2.45) is 11.0 Å². The molecular weight excluding hydrogens is 357 g/mol. The van der Waals surface area contributed by atoms with Crippen molar-refractivity contribution in [3.8, 4) is 0 Å². The highest BCUT2D eigenvalue weighted by Gasteiger charge is 2.42. The predicted molar refractivity (Wildman–Crippen MR) is 106 cm³/mol. The van der Waals surface area contributed by atoms with Crippen LogP contribution in [0.2, 0.25) is 0 Å². The molecule has 0 saturated carbocycles. The van der Waals surface area contributed by atoms with E-state index >= 15 is 0 Å². The number of nitrogens with one attached hydrogen (secondary N) is 2. The minimum absolute atomic E-state index is 0.0664. The smallest absolute Gasteiger partial charge is 0.142 e. The van der Waals surface area contributed by atoms with Crippen LogP contribution in [-0.4, -0.2) is 29.8 Å². The Morgan fingerprint density at radius 1 is 1.14 bits per heavy atom. The summed E-state index contributed by atoms with van der Waals surface area (Å²) >= 11 is 0. The average molecular weight is 382 g/mol. The van der Waals surface area contributed by atoms with Crippen LogP contribution in [0.15, 0.2) is 59.7 Å². The van der Waals surface area contributed by atoms with Gasteiger partial charge in [0.05, 0.1) is 7.11 Å². The molecule has 28 heavy (non-hydrogen) atoms. The molecule has 2 aromatic carbocycles. The maximum absolute atomic E-state index is 13.5. The van der Waals surface area contributed by atoms with Gasteiger partial charge in [0.2, 0.25) is 0 Å². The number of piperidine rings is 1. The minimum Gasteiger partial charge on any atom is -0.310 e. The lowest BCUT2D eigenvalue weighted by atomic mass is 9.78. The number of hydrogen-bond donors (Lipinski definition) is 2. The summed E-state index contributed by atoms with van der Waals surface area (Å²) in [5, 5.41) is 11.5. The van der Waals surface area contributed by atoms with Crippen LogP contribution < -0.4 is 10.9 Å². The highest BCUT2D eigenvalue weighted by Crippen LogP contribution is 2.42. The zero-order valence-electron chi connectivity index (χ0n) is 16.1. The Hall–Kier alpha value is -2.48. The number of hydrogen-bond acceptors (Lipinski definition) is 6. The van der Waals surface area contributed by atoms with Gasteiger partial charge in [-0.15, -0.1) is 5.10 Å². The van der Waals surface area contributed by atoms with Crippen LogP contribution >= 0.6 is 0 Å². The molecule has 0 unspecified atom stereocenters. The molecule has 0 bridgehead atoms. The molecule has 2 aliphatic rings. The molecule has 6 nitrogen and oxygen atoms in total. The number of halogens is 1. The van der Waals surface area contributed by atoms with E-state index in [1.807, 2.05) is 42.3 Å². The average Bonchev–Trinajstić information content (AvgIpc) is 3.11. The van der Waals surface area contributed by atoms with E-state index in [-0.39, 0.29) is 17.8 Å². The summed E-state index contributed by atoms with van der Waals surface area (Å²) in [7, 11) is 1.60. The van der Waals surface area contributed by atoms with Crippen LogP contribution in [0.25, 0.3) is 0 Å². The van der Waals surface area contributed by atoms with E-state index in [1.165, 1.54) is 17.4 Å². The molecule has 7 heteroatoms. The summed E-state index contributed by atoms with van der Waals surface area (Å²) in [6.07, 6.45) is 2.06. The highest BCUT2D eigenvalue weighted by molar-refractivity contribution is 5.81. The fourth-order valence-corrected chi connectivity index (χ4v) is 4.04. The van der Waals surface area contributed by atoms with E-state index in [2.05, 4.69) is 28.1 Å². The zero-order valence-corrected chi connectivity index (χ0v) is 16.1. The van der Waals surface area contributed by atoms with Crippen LogP contribution in [0.3, 0.4) is 0 Å². The van der Waals surface area contributed by atoms with Gasteiger partial charge in [-0.3, -0.25) is 4.84 Å². The molecule has 0 spiro atoms. The van der Waals surface area contributed by atoms with E-state index in [4.69, 9.17) is 4.84 Å². The van der Waals surface area contributed by atoms with Crippen molar-refractivity contribution in [1.82, 2.24) is 21.1 Å². The molecule has 0 amide bonds. The Kier molecular flexibility index (Phi) is 5.57. The summed E-state index contributed by atoms with van der Waals surface area (Å²) in [5.74, 6) is 0.731. The molecule has 2 N–H and O–H groups in total. The summed E-state index contributed by atoms with van der Waals surface area (Å²) in [6.45, 7) is 2.87. The SMILES string of the molecule is CON1NN=C(C)N1[C](c1ccccc1)[C@@H]1CCCN[C@@H]1c1ccc(F)cc1. The van der Waals surface area contributed by atoms with Crippen LogP contribution in [0.1, 0.15) is 36.9 Å². The lowest BCUT2D eigenvalue weighted by molar-refractivity contribution is -0.261. The van der Waals surface area contributed by atoms with E-state index in [0.717, 1.165) is 42.4 Å². The number of benzene rings is 2. The van der Waals surface area contributed by atoms with Crippen molar-refractivity contribution in [3.05, 3.63) is 77.6 Å². The quantitative estimate of drug-likeness (QED) is 0.830. The van der Waals surface area contributed by atoms with Gasteiger partial charge in [0.25, 0.3) is 0 Å². The third-order valence-corrected chi connectivity index (χ3v) is 5.30. The summed E-state index contributed by atoms with van der Waals surface area (Å²) in [4.78, 5) is 5.49. The topological polar surface area (TPSA) is 52.1 Å². The third kappa shape index (κ3) is 3.61.